The topological polar surface area (TPSA) is 39.5 Å². The van der Waals surface area contributed by atoms with Crippen molar-refractivity contribution in [1.29, 1.82) is 0 Å². The molecule has 0 spiro atoms. The lowest BCUT2D eigenvalue weighted by atomic mass is 10.0. The van der Waals surface area contributed by atoms with Crippen LogP contribution in [0, 0.1) is 0 Å². The highest BCUT2D eigenvalue weighted by atomic mass is 16.7. The molecule has 25 heavy (non-hydrogen) atoms. The maximum absolute atomic E-state index is 5.46. The molecule has 0 atom stereocenters. The summed E-state index contributed by atoms with van der Waals surface area (Å²) >= 11 is 0. The van der Waals surface area contributed by atoms with Crippen molar-refractivity contribution in [3.8, 4) is 22.4 Å². The highest BCUT2D eigenvalue weighted by molar-refractivity contribution is 5.90. The predicted molar refractivity (Wildman–Crippen MR) is 101 cm³/mol. The average Bonchev–Trinajstić information content (AvgIpc) is 3.08. The molecule has 0 aliphatic rings. The molecule has 3 aromatic rings. The number of ether oxygens (including phenoxy) is 1. The number of benzene rings is 2. The molecule has 0 saturated carbocycles. The van der Waals surface area contributed by atoms with E-state index < -0.39 is 0 Å². The van der Waals surface area contributed by atoms with Crippen LogP contribution in [-0.2, 0) is 9.57 Å². The van der Waals surface area contributed by atoms with Gasteiger partial charge in [-0.25, -0.2) is 5.06 Å². The third-order valence-corrected chi connectivity index (χ3v) is 4.01. The summed E-state index contributed by atoms with van der Waals surface area (Å²) in [5, 5.41) is 6.43. The summed E-state index contributed by atoms with van der Waals surface area (Å²) in [5.74, 6) is 1.16. The largest absolute Gasteiger partial charge is 0.481 e. The highest BCUT2D eigenvalue weighted by Crippen LogP contribution is 2.40. The summed E-state index contributed by atoms with van der Waals surface area (Å²) in [6.45, 7) is 3.96. The van der Waals surface area contributed by atoms with E-state index in [4.69, 9.17) is 14.7 Å². The van der Waals surface area contributed by atoms with Crippen LogP contribution in [0.1, 0.15) is 0 Å². The fourth-order valence-corrected chi connectivity index (χ4v) is 2.72. The van der Waals surface area contributed by atoms with Crippen LogP contribution >= 0.6 is 0 Å². The lowest BCUT2D eigenvalue weighted by Gasteiger charge is -2.19. The smallest absolute Gasteiger partial charge is 0.208 e. The first-order valence-corrected chi connectivity index (χ1v) is 7.92. The van der Waals surface area contributed by atoms with E-state index in [9.17, 15) is 0 Å². The zero-order valence-electron chi connectivity index (χ0n) is 14.6. The van der Waals surface area contributed by atoms with Crippen molar-refractivity contribution in [3.05, 3.63) is 67.2 Å². The van der Waals surface area contributed by atoms with Gasteiger partial charge in [-0.05, 0) is 12.1 Å². The summed E-state index contributed by atoms with van der Waals surface area (Å²) in [7, 11) is 5.02. The first kappa shape index (κ1) is 16.8. The van der Waals surface area contributed by atoms with E-state index in [0.717, 1.165) is 28.2 Å². The molecule has 0 saturated heterocycles. The average molecular weight is 335 g/mol. The van der Waals surface area contributed by atoms with Crippen LogP contribution in [0.4, 0.5) is 5.82 Å². The Balaban J connectivity index is 2.35. The minimum Gasteiger partial charge on any atom is -0.481 e. The Bertz CT molecular complexity index is 857. The molecule has 0 aliphatic heterocycles. The Hall–Kier alpha value is -3.05. The van der Waals surface area contributed by atoms with Gasteiger partial charge >= 0.3 is 0 Å². The van der Waals surface area contributed by atoms with E-state index in [2.05, 4.69) is 18.7 Å². The van der Waals surface area contributed by atoms with Crippen LogP contribution in [0.15, 0.2) is 67.2 Å². The molecule has 5 heteroatoms. The van der Waals surface area contributed by atoms with Gasteiger partial charge in [-0.3, -0.25) is 4.84 Å². The van der Waals surface area contributed by atoms with Gasteiger partial charge in [0, 0.05) is 12.6 Å². The fourth-order valence-electron chi connectivity index (χ4n) is 2.72. The van der Waals surface area contributed by atoms with Gasteiger partial charge in [0.05, 0.1) is 19.8 Å². The van der Waals surface area contributed by atoms with Gasteiger partial charge in [0.25, 0.3) is 0 Å². The number of nitrogens with zero attached hydrogens (tertiary/aromatic N) is 3. The first-order valence-electron chi connectivity index (χ1n) is 7.92. The molecule has 0 fully saturated rings. The molecular formula is C20H21N3O2. The molecule has 3 rings (SSSR count). The third-order valence-electron chi connectivity index (χ3n) is 4.01. The molecule has 1 aromatic heterocycles. The molecule has 0 bridgehead atoms. The van der Waals surface area contributed by atoms with Gasteiger partial charge in [0.15, 0.2) is 5.82 Å². The van der Waals surface area contributed by atoms with Crippen molar-refractivity contribution < 1.29 is 9.57 Å². The minimum absolute atomic E-state index is 0.415. The van der Waals surface area contributed by atoms with Gasteiger partial charge in [-0.1, -0.05) is 60.7 Å². The van der Waals surface area contributed by atoms with E-state index in [1.54, 1.807) is 24.0 Å². The second-order valence-corrected chi connectivity index (χ2v) is 5.47. The van der Waals surface area contributed by atoms with Crippen LogP contribution in [0.5, 0.6) is 0 Å². The Labute approximate surface area is 147 Å². The number of aromatic nitrogens is 2. The highest BCUT2D eigenvalue weighted by Gasteiger charge is 2.25. The van der Waals surface area contributed by atoms with E-state index in [1.807, 2.05) is 55.6 Å². The van der Waals surface area contributed by atoms with Crippen molar-refractivity contribution in [3.63, 3.8) is 0 Å². The number of rotatable bonds is 6. The lowest BCUT2D eigenvalue weighted by Crippen LogP contribution is -2.20. The summed E-state index contributed by atoms with van der Waals surface area (Å²) in [6, 6.07) is 20.1. The first-order chi connectivity index (χ1) is 12.2. The number of hydroxylamine groups is 1. The van der Waals surface area contributed by atoms with Crippen molar-refractivity contribution >= 4 is 11.7 Å². The van der Waals surface area contributed by atoms with Gasteiger partial charge in [-0.15, -0.1) is 0 Å². The van der Waals surface area contributed by atoms with Crippen molar-refractivity contribution in [2.24, 2.45) is 0 Å². The molecule has 2 aromatic carbocycles. The normalized spacial score (nSPS) is 10.5. The second-order valence-electron chi connectivity index (χ2n) is 5.47. The third kappa shape index (κ3) is 3.14. The molecule has 5 nitrogen and oxygen atoms in total. The Morgan fingerprint density at radius 1 is 0.960 bits per heavy atom. The van der Waals surface area contributed by atoms with E-state index >= 15 is 0 Å². The van der Waals surface area contributed by atoms with Crippen LogP contribution < -0.4 is 5.06 Å². The molecule has 0 unspecified atom stereocenters. The number of hydrogen-bond acceptors (Lipinski definition) is 4. The fraction of sp³-hybridized carbons (Fsp3) is 0.150. The van der Waals surface area contributed by atoms with E-state index in [1.165, 1.54) is 0 Å². The Morgan fingerprint density at radius 3 is 2.04 bits per heavy atom. The number of methoxy groups -OCH3 is 1. The molecule has 0 aliphatic carbocycles. The molecular weight excluding hydrogens is 314 g/mol. The molecule has 0 radical (unpaired) electrons. The summed E-state index contributed by atoms with van der Waals surface area (Å²) < 4.78 is 7.00. The van der Waals surface area contributed by atoms with Crippen molar-refractivity contribution in [2.45, 2.75) is 0 Å². The van der Waals surface area contributed by atoms with E-state index in [0.29, 0.717) is 5.88 Å². The monoisotopic (exact) mass is 335 g/mol. The van der Waals surface area contributed by atoms with Crippen LogP contribution in [0.25, 0.3) is 28.3 Å². The summed E-state index contributed by atoms with van der Waals surface area (Å²) in [4.78, 5) is 5.46. The van der Waals surface area contributed by atoms with Crippen molar-refractivity contribution in [1.82, 2.24) is 9.78 Å². The number of hydrogen-bond donors (Lipinski definition) is 0. The van der Waals surface area contributed by atoms with Gasteiger partial charge in [0.2, 0.25) is 5.88 Å². The minimum atomic E-state index is 0.415. The van der Waals surface area contributed by atoms with Gasteiger partial charge in [0.1, 0.15) is 5.69 Å². The molecule has 1 heterocycles. The second kappa shape index (κ2) is 7.23. The molecule has 128 valence electrons. The zero-order chi connectivity index (χ0) is 17.8. The van der Waals surface area contributed by atoms with Gasteiger partial charge in [-0.2, -0.15) is 9.78 Å². The molecule has 0 amide bonds. The van der Waals surface area contributed by atoms with Crippen LogP contribution in [0.2, 0.25) is 0 Å². The summed E-state index contributed by atoms with van der Waals surface area (Å²) in [5.41, 5.74) is 3.84. The Kier molecular flexibility index (Phi) is 4.86. The lowest BCUT2D eigenvalue weighted by molar-refractivity contribution is 0.180. The molecule has 0 N–H and O–H groups in total. The predicted octanol–water partition coefficient (Wildman–Crippen LogP) is 4.29. The number of anilines is 1. The quantitative estimate of drug-likeness (QED) is 0.498. The van der Waals surface area contributed by atoms with Crippen molar-refractivity contribution in [2.75, 3.05) is 26.3 Å². The maximum atomic E-state index is 5.46. The van der Waals surface area contributed by atoms with E-state index in [-0.39, 0.29) is 0 Å². The van der Waals surface area contributed by atoms with Crippen LogP contribution in [0.3, 0.4) is 0 Å². The summed E-state index contributed by atoms with van der Waals surface area (Å²) in [6.07, 6.45) is 0. The zero-order valence-corrected chi connectivity index (χ0v) is 14.6. The standard InChI is InChI=1S/C20H21N3O2/c1-15(24-3)23-20(22(2)25-4)18(16-11-7-5-8-12-16)19(21-23)17-13-9-6-10-14-17/h5-14H,1H2,2-4H3. The SMILES string of the molecule is C=C(OC)n1nc(-c2ccccc2)c(-c2ccccc2)c1N(C)OC. The van der Waals surface area contributed by atoms with Gasteiger partial charge < -0.3 is 4.74 Å². The maximum Gasteiger partial charge on any atom is 0.208 e. The Morgan fingerprint density at radius 2 is 1.52 bits per heavy atom. The van der Waals surface area contributed by atoms with Crippen LogP contribution in [-0.4, -0.2) is 31.0 Å².